The van der Waals surface area contributed by atoms with Crippen LogP contribution in [0.2, 0.25) is 0 Å². The number of aliphatic carboxylic acids is 2. The van der Waals surface area contributed by atoms with Gasteiger partial charge < -0.3 is 15.5 Å². The average Bonchev–Trinajstić information content (AvgIpc) is 3.66. The molecule has 3 N–H and O–H groups in total. The van der Waals surface area contributed by atoms with Crippen molar-refractivity contribution in [3.8, 4) is 11.1 Å². The van der Waals surface area contributed by atoms with Crippen LogP contribution in [0.5, 0.6) is 0 Å². The maximum absolute atomic E-state index is 13.3. The number of aryl methyl sites for hydroxylation is 1. The molecule has 11 heteroatoms. The molecule has 1 aliphatic heterocycles. The van der Waals surface area contributed by atoms with E-state index in [1.54, 1.807) is 24.8 Å². The summed E-state index contributed by atoms with van der Waals surface area (Å²) in [6, 6.07) is 13.2. The summed E-state index contributed by atoms with van der Waals surface area (Å²) in [5.74, 6) is -1.01. The zero-order valence-corrected chi connectivity index (χ0v) is 47.0. The molecule has 1 heterocycles. The molecule has 3 unspecified atom stereocenters. The highest BCUT2D eigenvalue weighted by molar-refractivity contribution is 7.98. The van der Waals surface area contributed by atoms with Crippen molar-refractivity contribution in [3.63, 3.8) is 0 Å². The lowest BCUT2D eigenvalue weighted by Crippen LogP contribution is -2.42. The standard InChI is InChI=1S/C27H36N2O5S.C7H14.C6H12O2S.2C4H10.C3H8.2C2H6/c1-5-21-12-10-19(3)29(21)17-20-11-13-23(24(16-20)22-9-7-6-8-18(22)2)26(30)28-25(27(31)32)14-15-35(4,33)34;1-7-5-3-2-4-6-7;1-5(6(7)8)3-4-9-2;2*1-3-4-2;1-3-2;2*1-2/h6-9,11,13,16,19,21,25H,5,10,12,14-15,17H2,1-4H3,(H,28,30)(H,31,32);7H,2-6H2,1H3;5H,3-4H2,1-2H3,(H,7,8);2*3-4H2,1-2H3;3H2,1-2H3;2*1-2H3/t19?,21-,25?;;;;;;;/m0......./s1. The van der Waals surface area contributed by atoms with Crippen LogP contribution in [0, 0.1) is 18.8 Å². The molecule has 1 amide bonds. The summed E-state index contributed by atoms with van der Waals surface area (Å²) in [5.41, 5.74) is 4.12. The Morgan fingerprint density at radius 3 is 1.71 bits per heavy atom. The predicted octanol–water partition coefficient (Wildman–Crippen LogP) is 15.2. The van der Waals surface area contributed by atoms with Gasteiger partial charge in [0.1, 0.15) is 15.9 Å². The fourth-order valence-corrected chi connectivity index (χ4v) is 7.85. The van der Waals surface area contributed by atoms with Gasteiger partial charge in [-0.15, -0.1) is 0 Å². The topological polar surface area (TPSA) is 141 Å². The van der Waals surface area contributed by atoms with E-state index >= 15 is 0 Å². The van der Waals surface area contributed by atoms with Gasteiger partial charge >= 0.3 is 11.9 Å². The highest BCUT2D eigenvalue weighted by atomic mass is 32.2. The van der Waals surface area contributed by atoms with E-state index in [1.807, 2.05) is 77.3 Å². The van der Waals surface area contributed by atoms with Crippen molar-refractivity contribution in [2.75, 3.05) is 24.0 Å². The fraction of sp³-hybridized carbons (Fsp3) is 0.727. The van der Waals surface area contributed by atoms with Crippen LogP contribution in [0.4, 0.5) is 0 Å². The van der Waals surface area contributed by atoms with E-state index in [1.165, 1.54) is 77.0 Å². The molecule has 4 rings (SSSR count). The molecule has 1 saturated carbocycles. The molecule has 9 nitrogen and oxygen atoms in total. The molecular formula is C55H102N2O7S2. The number of thioether (sulfide) groups is 1. The third-order valence-electron chi connectivity index (χ3n) is 11.0. The number of nitrogens with one attached hydrogen (secondary N) is 1. The number of carbonyl (C=O) groups excluding carboxylic acids is 1. The van der Waals surface area contributed by atoms with E-state index < -0.39 is 33.7 Å². The van der Waals surface area contributed by atoms with Gasteiger partial charge in [-0.05, 0) is 98.3 Å². The molecule has 2 aliphatic rings. The first-order valence-electron chi connectivity index (χ1n) is 25.7. The molecule has 0 bridgehead atoms. The molecule has 0 spiro atoms. The van der Waals surface area contributed by atoms with Crippen molar-refractivity contribution in [2.45, 2.75) is 225 Å². The smallest absolute Gasteiger partial charge is 0.326 e. The van der Waals surface area contributed by atoms with Gasteiger partial charge in [0.25, 0.3) is 5.91 Å². The molecule has 1 saturated heterocycles. The Kier molecular flexibility index (Phi) is 47.1. The molecule has 66 heavy (non-hydrogen) atoms. The summed E-state index contributed by atoms with van der Waals surface area (Å²) in [4.78, 5) is 37.7. The lowest BCUT2D eigenvalue weighted by molar-refractivity contribution is -0.141. The molecule has 0 aromatic heterocycles. The third-order valence-corrected chi connectivity index (χ3v) is 12.6. The van der Waals surface area contributed by atoms with Gasteiger partial charge in [0.2, 0.25) is 0 Å². The van der Waals surface area contributed by atoms with Crippen molar-refractivity contribution in [2.24, 2.45) is 11.8 Å². The van der Waals surface area contributed by atoms with Crippen LogP contribution in [0.1, 0.15) is 215 Å². The third kappa shape index (κ3) is 34.4. The van der Waals surface area contributed by atoms with Crippen molar-refractivity contribution in [1.29, 1.82) is 0 Å². The Morgan fingerprint density at radius 2 is 1.30 bits per heavy atom. The Morgan fingerprint density at radius 1 is 0.773 bits per heavy atom. The zero-order chi connectivity index (χ0) is 51.7. The molecule has 1 aliphatic carbocycles. The van der Waals surface area contributed by atoms with Crippen LogP contribution in [-0.2, 0) is 26.0 Å². The maximum Gasteiger partial charge on any atom is 0.326 e. The second-order valence-electron chi connectivity index (χ2n) is 17.1. The van der Waals surface area contributed by atoms with Crippen LogP contribution < -0.4 is 5.32 Å². The summed E-state index contributed by atoms with van der Waals surface area (Å²) in [7, 11) is -3.36. The van der Waals surface area contributed by atoms with E-state index in [2.05, 4.69) is 72.5 Å². The van der Waals surface area contributed by atoms with Crippen molar-refractivity contribution >= 4 is 39.4 Å². The molecule has 4 atom stereocenters. The molecule has 2 fully saturated rings. The SMILES string of the molecule is CC.CC.CC1CCCCC1.CCC.CCCC.CCCC.CC[C@H]1CCC(C)N1Cc1ccc(C(=O)NC(CCS(C)(=O)=O)C(=O)O)c(-c2ccccc2C)c1.CSCCC(C)C(=O)O. The summed E-state index contributed by atoms with van der Waals surface area (Å²) >= 11 is 1.68. The van der Waals surface area contributed by atoms with Gasteiger partial charge in [-0.1, -0.05) is 185 Å². The first-order valence-corrected chi connectivity index (χ1v) is 29.1. The number of benzene rings is 2. The number of hydrogen-bond donors (Lipinski definition) is 3. The Bertz CT molecular complexity index is 1590. The van der Waals surface area contributed by atoms with Crippen LogP contribution in [0.15, 0.2) is 42.5 Å². The monoisotopic (exact) mass is 967 g/mol. The van der Waals surface area contributed by atoms with E-state index in [-0.39, 0.29) is 18.1 Å². The quantitative estimate of drug-likeness (QED) is 0.150. The lowest BCUT2D eigenvalue weighted by Gasteiger charge is -2.28. The van der Waals surface area contributed by atoms with Gasteiger partial charge in [0, 0.05) is 30.4 Å². The number of sulfone groups is 1. The summed E-state index contributed by atoms with van der Waals surface area (Å²) < 4.78 is 23.1. The Balaban J connectivity index is -0.000000500. The Labute approximate surface area is 411 Å². The van der Waals surface area contributed by atoms with Crippen LogP contribution in [0.3, 0.4) is 0 Å². The van der Waals surface area contributed by atoms with E-state index in [0.29, 0.717) is 17.6 Å². The number of likely N-dealkylation sites (tertiary alicyclic amines) is 1. The number of amides is 1. The van der Waals surface area contributed by atoms with Crippen LogP contribution in [-0.4, -0.2) is 83.5 Å². The molecule has 386 valence electrons. The van der Waals surface area contributed by atoms with Gasteiger partial charge in [-0.3, -0.25) is 14.5 Å². The van der Waals surface area contributed by atoms with Gasteiger partial charge in [-0.25, -0.2) is 13.2 Å². The number of carboxylic acid groups (broad SMARTS) is 2. The van der Waals surface area contributed by atoms with E-state index in [0.717, 1.165) is 59.6 Å². The van der Waals surface area contributed by atoms with Crippen LogP contribution >= 0.6 is 11.8 Å². The van der Waals surface area contributed by atoms with Crippen molar-refractivity contribution < 1.29 is 33.0 Å². The van der Waals surface area contributed by atoms with Gasteiger partial charge in [-0.2, -0.15) is 11.8 Å². The summed E-state index contributed by atoms with van der Waals surface area (Å²) in [5, 5.41) is 20.5. The van der Waals surface area contributed by atoms with Crippen molar-refractivity contribution in [3.05, 3.63) is 59.2 Å². The number of hydrogen-bond acceptors (Lipinski definition) is 7. The first-order chi connectivity index (χ1) is 31.3. The number of carbonyl (C=O) groups is 3. The largest absolute Gasteiger partial charge is 0.481 e. The zero-order valence-electron chi connectivity index (χ0n) is 45.4. The predicted molar refractivity (Wildman–Crippen MR) is 290 cm³/mol. The number of carboxylic acids is 2. The van der Waals surface area contributed by atoms with Crippen LogP contribution in [0.25, 0.3) is 11.1 Å². The minimum absolute atomic E-state index is 0.183. The second kappa shape index (κ2) is 44.6. The molecule has 0 radical (unpaired) electrons. The lowest BCUT2D eigenvalue weighted by atomic mass is 9.91. The average molecular weight is 968 g/mol. The molecule has 2 aromatic carbocycles. The summed E-state index contributed by atoms with van der Waals surface area (Å²) in [6.45, 7) is 32.3. The maximum atomic E-state index is 13.3. The minimum atomic E-state index is -3.36. The first kappa shape index (κ1) is 69.7. The second-order valence-corrected chi connectivity index (χ2v) is 20.4. The minimum Gasteiger partial charge on any atom is -0.481 e. The highest BCUT2D eigenvalue weighted by Crippen LogP contribution is 2.32. The molecule has 2 aromatic rings. The normalized spacial score (nSPS) is 16.1. The molecular weight excluding hydrogens is 865 g/mol. The number of rotatable bonds is 16. The fourth-order valence-electron chi connectivity index (χ4n) is 6.60. The number of unbranched alkanes of at least 4 members (excludes halogenated alkanes) is 2. The van der Waals surface area contributed by atoms with Gasteiger partial charge in [0.05, 0.1) is 11.7 Å². The Hall–Kier alpha value is -2.89. The summed E-state index contributed by atoms with van der Waals surface area (Å²) in [6.07, 6.45) is 21.0. The van der Waals surface area contributed by atoms with E-state index in [9.17, 15) is 27.9 Å². The van der Waals surface area contributed by atoms with Crippen molar-refractivity contribution in [1.82, 2.24) is 10.2 Å². The van der Waals surface area contributed by atoms with E-state index in [4.69, 9.17) is 5.11 Å². The van der Waals surface area contributed by atoms with Gasteiger partial charge in [0.15, 0.2) is 0 Å². The highest BCUT2D eigenvalue weighted by Gasteiger charge is 2.30. The number of nitrogens with zero attached hydrogens (tertiary/aromatic N) is 1.